The van der Waals surface area contributed by atoms with E-state index in [1.165, 1.54) is 12.4 Å². The molecule has 0 aromatic carbocycles. The molecule has 2 fully saturated rings. The van der Waals surface area contributed by atoms with Crippen molar-refractivity contribution in [1.82, 2.24) is 14.9 Å². The zero-order valence-corrected chi connectivity index (χ0v) is 15.8. The van der Waals surface area contributed by atoms with Crippen molar-refractivity contribution >= 4 is 33.7 Å². The molecule has 1 N–H and O–H groups in total. The Balaban J connectivity index is 1.75. The second-order valence-corrected chi connectivity index (χ2v) is 8.51. The summed E-state index contributed by atoms with van der Waals surface area (Å²) in [5, 5.41) is 2.74. The molecule has 1 aromatic rings. The molecule has 0 spiro atoms. The monoisotopic (exact) mass is 396 g/mol. The summed E-state index contributed by atoms with van der Waals surface area (Å²) >= 11 is 3.22. The Kier molecular flexibility index (Phi) is 4.06. The Labute approximate surface area is 149 Å². The number of hydrogen-bond acceptors (Lipinski definition) is 5. The molecular formula is C16H21BrN4O3. The lowest BCUT2D eigenvalue weighted by molar-refractivity contribution is -0.121. The molecule has 1 aliphatic carbocycles. The molecule has 0 bridgehead atoms. The number of anilines is 1. The third-order valence-corrected chi connectivity index (χ3v) is 4.78. The van der Waals surface area contributed by atoms with E-state index in [4.69, 9.17) is 4.74 Å². The second kappa shape index (κ2) is 5.68. The molecular weight excluding hydrogens is 376 g/mol. The van der Waals surface area contributed by atoms with Gasteiger partial charge in [0.1, 0.15) is 16.2 Å². The Bertz CT molecular complexity index is 690. The second-order valence-electron chi connectivity index (χ2n) is 7.70. The van der Waals surface area contributed by atoms with Crippen molar-refractivity contribution in [3.8, 4) is 0 Å². The Morgan fingerprint density at radius 2 is 2.08 bits per heavy atom. The first-order valence-corrected chi connectivity index (χ1v) is 8.68. The van der Waals surface area contributed by atoms with Gasteiger partial charge in [-0.25, -0.2) is 9.78 Å². The highest BCUT2D eigenvalue weighted by atomic mass is 79.9. The Morgan fingerprint density at radius 1 is 1.38 bits per heavy atom. The average molecular weight is 397 g/mol. The van der Waals surface area contributed by atoms with Gasteiger partial charge >= 0.3 is 6.09 Å². The molecule has 130 valence electrons. The van der Waals surface area contributed by atoms with E-state index >= 15 is 0 Å². The normalized spacial score (nSPS) is 28.3. The topological polar surface area (TPSA) is 84.4 Å². The van der Waals surface area contributed by atoms with E-state index in [1.807, 2.05) is 20.8 Å². The van der Waals surface area contributed by atoms with E-state index in [0.717, 1.165) is 6.42 Å². The molecule has 7 nitrogen and oxygen atoms in total. The van der Waals surface area contributed by atoms with E-state index in [0.29, 0.717) is 16.8 Å². The van der Waals surface area contributed by atoms with E-state index in [1.54, 1.807) is 4.90 Å². The first-order chi connectivity index (χ1) is 11.1. The average Bonchev–Trinajstić information content (AvgIpc) is 2.98. The number of nitrogens with one attached hydrogen (secondary N) is 1. The van der Waals surface area contributed by atoms with E-state index in [9.17, 15) is 9.59 Å². The summed E-state index contributed by atoms with van der Waals surface area (Å²) in [6.07, 6.45) is 4.11. The largest absolute Gasteiger partial charge is 0.444 e. The Hall–Kier alpha value is -1.70. The van der Waals surface area contributed by atoms with Crippen molar-refractivity contribution in [3.63, 3.8) is 0 Å². The smallest absolute Gasteiger partial charge is 0.411 e. The van der Waals surface area contributed by atoms with Crippen LogP contribution in [0.3, 0.4) is 0 Å². The van der Waals surface area contributed by atoms with Gasteiger partial charge in [-0.1, -0.05) is 6.92 Å². The quantitative estimate of drug-likeness (QED) is 0.830. The minimum atomic E-state index is -0.595. The molecule has 3 atom stereocenters. The van der Waals surface area contributed by atoms with Crippen molar-refractivity contribution in [3.05, 3.63) is 17.0 Å². The SMILES string of the molecule is CC(C)(C)OC(=O)N1C(C(=O)Nc2cncc(Br)n2)C[C@@]2(C)C[C@H]12. The number of rotatable bonds is 2. The summed E-state index contributed by atoms with van der Waals surface area (Å²) in [5.74, 6) is 0.0888. The van der Waals surface area contributed by atoms with Crippen LogP contribution in [0.4, 0.5) is 10.6 Å². The number of carbonyl (C=O) groups excluding carboxylic acids is 2. The number of nitrogens with zero attached hydrogens (tertiary/aromatic N) is 3. The maximum atomic E-state index is 12.7. The maximum absolute atomic E-state index is 12.7. The van der Waals surface area contributed by atoms with Crippen molar-refractivity contribution in [2.24, 2.45) is 5.41 Å². The lowest BCUT2D eigenvalue weighted by Gasteiger charge is -2.29. The zero-order chi connectivity index (χ0) is 17.7. The number of carbonyl (C=O) groups is 2. The van der Waals surface area contributed by atoms with Gasteiger partial charge in [0.05, 0.1) is 12.4 Å². The van der Waals surface area contributed by atoms with Crippen LogP contribution < -0.4 is 5.32 Å². The van der Waals surface area contributed by atoms with Crippen LogP contribution >= 0.6 is 15.9 Å². The van der Waals surface area contributed by atoms with E-state index < -0.39 is 17.7 Å². The van der Waals surface area contributed by atoms with Crippen LogP contribution in [0.1, 0.15) is 40.5 Å². The highest BCUT2D eigenvalue weighted by molar-refractivity contribution is 9.10. The minimum absolute atomic E-state index is 0.00185. The first kappa shape index (κ1) is 17.1. The fraction of sp³-hybridized carbons (Fsp3) is 0.625. The lowest BCUT2D eigenvalue weighted by atomic mass is 10.0. The predicted octanol–water partition coefficient (Wildman–Crippen LogP) is 2.97. The third kappa shape index (κ3) is 3.38. The minimum Gasteiger partial charge on any atom is -0.444 e. The van der Waals surface area contributed by atoms with E-state index in [2.05, 4.69) is 38.1 Å². The molecule has 1 unspecified atom stereocenters. The molecule has 2 heterocycles. The van der Waals surface area contributed by atoms with Gasteiger partial charge in [0.25, 0.3) is 0 Å². The van der Waals surface area contributed by atoms with Crippen LogP contribution in [0, 0.1) is 5.41 Å². The number of aromatic nitrogens is 2. The van der Waals surface area contributed by atoms with Crippen molar-refractivity contribution in [2.75, 3.05) is 5.32 Å². The zero-order valence-electron chi connectivity index (χ0n) is 14.2. The van der Waals surface area contributed by atoms with Crippen LogP contribution in [0.5, 0.6) is 0 Å². The molecule has 8 heteroatoms. The van der Waals surface area contributed by atoms with Crippen molar-refractivity contribution in [1.29, 1.82) is 0 Å². The molecule has 1 aromatic heterocycles. The van der Waals surface area contributed by atoms with Gasteiger partial charge in [0.2, 0.25) is 5.91 Å². The molecule has 1 saturated heterocycles. The summed E-state index contributed by atoms with van der Waals surface area (Å²) in [7, 11) is 0. The highest BCUT2D eigenvalue weighted by Crippen LogP contribution is 2.59. The highest BCUT2D eigenvalue weighted by Gasteiger charge is 2.65. The van der Waals surface area contributed by atoms with Crippen molar-refractivity contribution in [2.45, 2.75) is 58.2 Å². The number of hydrogen-bond donors (Lipinski definition) is 1. The van der Waals surface area contributed by atoms with Crippen LogP contribution in [0.15, 0.2) is 17.0 Å². The van der Waals surface area contributed by atoms with Crippen LogP contribution in [0.2, 0.25) is 0 Å². The number of halogens is 1. The van der Waals surface area contributed by atoms with Gasteiger partial charge in [0.15, 0.2) is 5.82 Å². The number of piperidine rings is 1. The lowest BCUT2D eigenvalue weighted by Crippen LogP contribution is -2.47. The van der Waals surface area contributed by atoms with Gasteiger partial charge in [0, 0.05) is 6.04 Å². The summed E-state index contributed by atoms with van der Waals surface area (Å²) in [4.78, 5) is 34.9. The predicted molar refractivity (Wildman–Crippen MR) is 91.4 cm³/mol. The van der Waals surface area contributed by atoms with Gasteiger partial charge in [-0.2, -0.15) is 0 Å². The fourth-order valence-electron chi connectivity index (χ4n) is 3.19. The van der Waals surface area contributed by atoms with Crippen LogP contribution in [-0.4, -0.2) is 44.6 Å². The third-order valence-electron chi connectivity index (χ3n) is 4.40. The van der Waals surface area contributed by atoms with E-state index in [-0.39, 0.29) is 17.4 Å². The molecule has 2 aliphatic rings. The molecule has 1 aliphatic heterocycles. The first-order valence-electron chi connectivity index (χ1n) is 7.89. The van der Waals surface area contributed by atoms with Crippen LogP contribution in [-0.2, 0) is 9.53 Å². The molecule has 24 heavy (non-hydrogen) atoms. The molecule has 1 saturated carbocycles. The summed E-state index contributed by atoms with van der Waals surface area (Å²) < 4.78 is 6.02. The molecule has 2 amide bonds. The van der Waals surface area contributed by atoms with Crippen LogP contribution in [0.25, 0.3) is 0 Å². The maximum Gasteiger partial charge on any atom is 0.411 e. The number of likely N-dealkylation sites (tertiary alicyclic amines) is 1. The van der Waals surface area contributed by atoms with Gasteiger partial charge < -0.3 is 10.1 Å². The number of fused-ring (bicyclic) bond motifs is 1. The van der Waals surface area contributed by atoms with Crippen molar-refractivity contribution < 1.29 is 14.3 Å². The fourth-order valence-corrected chi connectivity index (χ4v) is 3.50. The van der Waals surface area contributed by atoms with Gasteiger partial charge in [-0.3, -0.25) is 14.7 Å². The number of ether oxygens (including phenoxy) is 1. The molecule has 0 radical (unpaired) electrons. The van der Waals surface area contributed by atoms with Gasteiger partial charge in [-0.05, 0) is 55.0 Å². The summed E-state index contributed by atoms with van der Waals surface area (Å²) in [6.45, 7) is 7.55. The molecule has 3 rings (SSSR count). The number of amides is 2. The summed E-state index contributed by atoms with van der Waals surface area (Å²) in [6, 6.07) is -0.485. The summed E-state index contributed by atoms with van der Waals surface area (Å²) in [5.41, 5.74) is -0.594. The van der Waals surface area contributed by atoms with Gasteiger partial charge in [-0.15, -0.1) is 0 Å². The standard InChI is InChI=1S/C16H21BrN4O3/c1-15(2,3)24-14(23)21-9(5-16(4)6-10(16)21)13(22)20-12-8-18-7-11(17)19-12/h7-10H,5-6H2,1-4H3,(H,19,20,22)/t9?,10-,16-/m0/s1. The Morgan fingerprint density at radius 3 is 2.71 bits per heavy atom.